The standard InChI is InChI=1S/C20H30O2/c1-13(2)10-15-11-16(19(4,5)6)12-17(20(7,8)9)18(15)22-14(3)21/h10-12H,1-9H3. The second-order valence-corrected chi connectivity index (χ2v) is 8.26. The van der Waals surface area contributed by atoms with Gasteiger partial charge >= 0.3 is 5.97 Å². The maximum atomic E-state index is 11.6. The molecule has 0 fully saturated rings. The molecule has 0 unspecified atom stereocenters. The third kappa shape index (κ3) is 4.72. The van der Waals surface area contributed by atoms with Gasteiger partial charge in [-0.2, -0.15) is 0 Å². The van der Waals surface area contributed by atoms with Gasteiger partial charge in [-0.15, -0.1) is 0 Å². The molecular formula is C20H30O2. The van der Waals surface area contributed by atoms with Crippen molar-refractivity contribution in [3.05, 3.63) is 34.4 Å². The number of esters is 1. The molecule has 0 saturated heterocycles. The van der Waals surface area contributed by atoms with E-state index in [-0.39, 0.29) is 16.8 Å². The Balaban J connectivity index is 3.77. The van der Waals surface area contributed by atoms with Crippen LogP contribution < -0.4 is 4.74 Å². The third-order valence-corrected chi connectivity index (χ3v) is 3.48. The summed E-state index contributed by atoms with van der Waals surface area (Å²) < 4.78 is 5.59. The van der Waals surface area contributed by atoms with E-state index in [1.807, 2.05) is 0 Å². The molecule has 0 heterocycles. The van der Waals surface area contributed by atoms with Crippen molar-refractivity contribution in [3.8, 4) is 5.75 Å². The average Bonchev–Trinajstić information content (AvgIpc) is 2.26. The Morgan fingerprint density at radius 1 is 0.955 bits per heavy atom. The van der Waals surface area contributed by atoms with Crippen LogP contribution in [0.4, 0.5) is 0 Å². The van der Waals surface area contributed by atoms with E-state index >= 15 is 0 Å². The van der Waals surface area contributed by atoms with E-state index in [4.69, 9.17) is 4.74 Å². The number of carbonyl (C=O) groups excluding carboxylic acids is 1. The summed E-state index contributed by atoms with van der Waals surface area (Å²) in [6.45, 7) is 18.6. The topological polar surface area (TPSA) is 26.3 Å². The van der Waals surface area contributed by atoms with Crippen LogP contribution in [0.5, 0.6) is 5.75 Å². The van der Waals surface area contributed by atoms with Crippen molar-refractivity contribution in [3.63, 3.8) is 0 Å². The summed E-state index contributed by atoms with van der Waals surface area (Å²) in [6.07, 6.45) is 2.09. The van der Waals surface area contributed by atoms with Gasteiger partial charge in [-0.1, -0.05) is 59.3 Å². The normalized spacial score (nSPS) is 12.0. The Labute approximate surface area is 135 Å². The van der Waals surface area contributed by atoms with E-state index in [9.17, 15) is 4.79 Å². The van der Waals surface area contributed by atoms with Crippen molar-refractivity contribution in [2.45, 2.75) is 73.1 Å². The minimum atomic E-state index is -0.280. The van der Waals surface area contributed by atoms with Gasteiger partial charge in [0.05, 0.1) is 0 Å². The molecule has 1 aromatic rings. The molecule has 0 bridgehead atoms. The first-order valence-electron chi connectivity index (χ1n) is 7.84. The summed E-state index contributed by atoms with van der Waals surface area (Å²) in [4.78, 5) is 11.6. The van der Waals surface area contributed by atoms with Crippen LogP contribution in [0, 0.1) is 0 Å². The van der Waals surface area contributed by atoms with Crippen LogP contribution in [0.25, 0.3) is 6.08 Å². The van der Waals surface area contributed by atoms with Crippen LogP contribution in [-0.4, -0.2) is 5.97 Å². The van der Waals surface area contributed by atoms with Crippen LogP contribution in [-0.2, 0) is 15.6 Å². The van der Waals surface area contributed by atoms with Gasteiger partial charge in [-0.25, -0.2) is 0 Å². The van der Waals surface area contributed by atoms with E-state index in [0.717, 1.165) is 11.1 Å². The van der Waals surface area contributed by atoms with Crippen molar-refractivity contribution in [1.29, 1.82) is 0 Å². The minimum Gasteiger partial charge on any atom is -0.426 e. The number of hydrogen-bond donors (Lipinski definition) is 0. The van der Waals surface area contributed by atoms with Gasteiger partial charge in [-0.3, -0.25) is 4.79 Å². The number of rotatable bonds is 2. The first-order valence-corrected chi connectivity index (χ1v) is 7.84. The van der Waals surface area contributed by atoms with E-state index in [2.05, 4.69) is 73.6 Å². The fourth-order valence-corrected chi connectivity index (χ4v) is 2.32. The molecule has 0 amide bonds. The van der Waals surface area contributed by atoms with Gasteiger partial charge in [0, 0.05) is 18.1 Å². The SMILES string of the molecule is CC(=O)Oc1c(C=C(C)C)cc(C(C)(C)C)cc1C(C)(C)C. The molecule has 1 rings (SSSR count). The predicted octanol–water partition coefficient (Wildman–Crippen LogP) is 5.63. The average molecular weight is 302 g/mol. The summed E-state index contributed by atoms with van der Waals surface area (Å²) in [7, 11) is 0. The van der Waals surface area contributed by atoms with Crippen LogP contribution >= 0.6 is 0 Å². The molecule has 2 nitrogen and oxygen atoms in total. The highest BCUT2D eigenvalue weighted by atomic mass is 16.5. The molecule has 0 saturated carbocycles. The van der Waals surface area contributed by atoms with Crippen LogP contribution in [0.1, 0.15) is 79.0 Å². The summed E-state index contributed by atoms with van der Waals surface area (Å²) in [5.41, 5.74) is 4.42. The zero-order valence-electron chi connectivity index (χ0n) is 15.5. The largest absolute Gasteiger partial charge is 0.426 e. The molecule has 0 spiro atoms. The zero-order valence-corrected chi connectivity index (χ0v) is 15.5. The quantitative estimate of drug-likeness (QED) is 0.522. The van der Waals surface area contributed by atoms with Gasteiger partial charge in [0.15, 0.2) is 0 Å². The van der Waals surface area contributed by atoms with Gasteiger partial charge in [-0.05, 0) is 36.3 Å². The Hall–Kier alpha value is -1.57. The number of carbonyl (C=O) groups is 1. The highest BCUT2D eigenvalue weighted by molar-refractivity contribution is 5.74. The molecule has 122 valence electrons. The molecule has 0 aromatic heterocycles. The molecule has 0 atom stereocenters. The van der Waals surface area contributed by atoms with Crippen molar-refractivity contribution < 1.29 is 9.53 Å². The molecule has 0 N–H and O–H groups in total. The van der Waals surface area contributed by atoms with Gasteiger partial charge in [0.25, 0.3) is 0 Å². The van der Waals surface area contributed by atoms with Gasteiger partial charge in [0.1, 0.15) is 5.75 Å². The fourth-order valence-electron chi connectivity index (χ4n) is 2.32. The summed E-state index contributed by atoms with van der Waals surface area (Å²) in [6, 6.07) is 4.32. The lowest BCUT2D eigenvalue weighted by Crippen LogP contribution is -2.19. The highest BCUT2D eigenvalue weighted by Crippen LogP contribution is 2.39. The maximum absolute atomic E-state index is 11.6. The van der Waals surface area contributed by atoms with Crippen molar-refractivity contribution >= 4 is 12.0 Å². The first kappa shape index (κ1) is 18.5. The second kappa shape index (κ2) is 6.28. The summed E-state index contributed by atoms with van der Waals surface area (Å²) >= 11 is 0. The third-order valence-electron chi connectivity index (χ3n) is 3.48. The molecule has 22 heavy (non-hydrogen) atoms. The molecule has 0 aliphatic carbocycles. The molecule has 0 aliphatic rings. The number of ether oxygens (including phenoxy) is 1. The Kier molecular flexibility index (Phi) is 5.27. The van der Waals surface area contributed by atoms with Crippen LogP contribution in [0.3, 0.4) is 0 Å². The van der Waals surface area contributed by atoms with E-state index in [0.29, 0.717) is 5.75 Å². The van der Waals surface area contributed by atoms with Gasteiger partial charge in [0.2, 0.25) is 0 Å². The van der Waals surface area contributed by atoms with E-state index in [1.54, 1.807) is 0 Å². The Morgan fingerprint density at radius 3 is 1.86 bits per heavy atom. The Morgan fingerprint density at radius 2 is 1.50 bits per heavy atom. The van der Waals surface area contributed by atoms with E-state index < -0.39 is 0 Å². The Bertz CT molecular complexity index is 589. The number of allylic oxidation sites excluding steroid dienone is 1. The molecule has 2 heteroatoms. The van der Waals surface area contributed by atoms with Crippen molar-refractivity contribution in [2.75, 3.05) is 0 Å². The van der Waals surface area contributed by atoms with Crippen LogP contribution in [0.15, 0.2) is 17.7 Å². The summed E-state index contributed by atoms with van der Waals surface area (Å²) in [5.74, 6) is 0.409. The molecular weight excluding hydrogens is 272 g/mol. The van der Waals surface area contributed by atoms with Crippen molar-refractivity contribution in [1.82, 2.24) is 0 Å². The number of benzene rings is 1. The maximum Gasteiger partial charge on any atom is 0.308 e. The first-order chi connectivity index (χ1) is 9.82. The molecule has 0 aliphatic heterocycles. The van der Waals surface area contributed by atoms with Crippen LogP contribution in [0.2, 0.25) is 0 Å². The second-order valence-electron chi connectivity index (χ2n) is 8.26. The molecule has 1 aromatic carbocycles. The zero-order chi connectivity index (χ0) is 17.3. The summed E-state index contributed by atoms with van der Waals surface area (Å²) in [5, 5.41) is 0. The number of hydrogen-bond acceptors (Lipinski definition) is 2. The minimum absolute atomic E-state index is 0.0407. The predicted molar refractivity (Wildman–Crippen MR) is 94.5 cm³/mol. The molecule has 0 radical (unpaired) electrons. The lowest BCUT2D eigenvalue weighted by atomic mass is 9.78. The van der Waals surface area contributed by atoms with Crippen molar-refractivity contribution in [2.24, 2.45) is 0 Å². The fraction of sp³-hybridized carbons (Fsp3) is 0.550. The lowest BCUT2D eigenvalue weighted by Gasteiger charge is -2.28. The highest BCUT2D eigenvalue weighted by Gasteiger charge is 2.26. The van der Waals surface area contributed by atoms with E-state index in [1.165, 1.54) is 18.1 Å². The van der Waals surface area contributed by atoms with Gasteiger partial charge < -0.3 is 4.74 Å². The monoisotopic (exact) mass is 302 g/mol. The lowest BCUT2D eigenvalue weighted by molar-refractivity contribution is -0.131. The smallest absolute Gasteiger partial charge is 0.308 e.